The number of rotatable bonds is 10. The Bertz CT molecular complexity index is 505. The van der Waals surface area contributed by atoms with Gasteiger partial charge in [0, 0.05) is 18.6 Å². The summed E-state index contributed by atoms with van der Waals surface area (Å²) in [4.78, 5) is 7.81. The van der Waals surface area contributed by atoms with Crippen LogP contribution in [0.2, 0.25) is 0 Å². The molecule has 1 heterocycles. The summed E-state index contributed by atoms with van der Waals surface area (Å²) in [5.41, 5.74) is 1.80. The van der Waals surface area contributed by atoms with Crippen LogP contribution in [0.5, 0.6) is 0 Å². The highest BCUT2D eigenvalue weighted by Crippen LogP contribution is 2.47. The largest absolute Gasteiger partial charge is 0.393 e. The van der Waals surface area contributed by atoms with Crippen molar-refractivity contribution in [3.05, 3.63) is 0 Å². The maximum atomic E-state index is 10.0. The summed E-state index contributed by atoms with van der Waals surface area (Å²) < 4.78 is 0. The summed E-state index contributed by atoms with van der Waals surface area (Å²) in [5.74, 6) is 3.70. The second-order valence-electron chi connectivity index (χ2n) is 11.3. The van der Waals surface area contributed by atoms with E-state index in [1.54, 1.807) is 5.64 Å². The summed E-state index contributed by atoms with van der Waals surface area (Å²) in [6.07, 6.45) is 22.5. The third-order valence-corrected chi connectivity index (χ3v) is 9.43. The molecule has 3 aliphatic carbocycles. The number of hydrogen-bond donors (Lipinski definition) is 3. The molecule has 31 heavy (non-hydrogen) atoms. The smallest absolute Gasteiger partial charge is 0.0709 e. The monoisotopic (exact) mass is 436 g/mol. The van der Waals surface area contributed by atoms with Crippen molar-refractivity contribution in [2.45, 2.75) is 127 Å². The number of aliphatic hydroxyl groups is 1. The Morgan fingerprint density at radius 1 is 0.806 bits per heavy atom. The quantitative estimate of drug-likeness (QED) is 0.314. The van der Waals surface area contributed by atoms with E-state index in [1.807, 2.05) is 0 Å². The number of aliphatic hydroxyl groups excluding tert-OH is 1. The molecular weight excluding hydrogens is 388 g/mol. The first kappa shape index (κ1) is 23.9. The lowest BCUT2D eigenvalue weighted by Crippen LogP contribution is -2.45. The average Bonchev–Trinajstić information content (AvgIpc) is 3.17. The van der Waals surface area contributed by atoms with Gasteiger partial charge in [0.25, 0.3) is 0 Å². The van der Waals surface area contributed by atoms with E-state index in [-0.39, 0.29) is 6.10 Å². The lowest BCUT2D eigenvalue weighted by molar-refractivity contribution is -0.127. The molecule has 0 amide bonds. The third-order valence-electron chi connectivity index (χ3n) is 9.43. The zero-order chi connectivity index (χ0) is 21.5. The summed E-state index contributed by atoms with van der Waals surface area (Å²) >= 11 is 0. The molecular formula is C26H48N2O3. The molecule has 4 atom stereocenters. The number of nitrogens with zero attached hydrogens (tertiary/aromatic N) is 1. The van der Waals surface area contributed by atoms with Crippen molar-refractivity contribution in [3.63, 3.8) is 0 Å². The molecule has 1 aliphatic heterocycles. The number of unbranched alkanes of at least 4 members (excludes halogenated alkanes) is 1. The normalized spacial score (nSPS) is 37.7. The minimum Gasteiger partial charge on any atom is -0.393 e. The molecule has 4 aliphatic rings. The summed E-state index contributed by atoms with van der Waals surface area (Å²) in [7, 11) is 0. The van der Waals surface area contributed by atoms with E-state index in [9.17, 15) is 5.11 Å². The van der Waals surface area contributed by atoms with Crippen molar-refractivity contribution >= 4 is 0 Å². The van der Waals surface area contributed by atoms with Crippen molar-refractivity contribution in [1.29, 1.82) is 0 Å². The van der Waals surface area contributed by atoms with Crippen molar-refractivity contribution in [2.75, 3.05) is 13.2 Å². The van der Waals surface area contributed by atoms with Gasteiger partial charge in [-0.1, -0.05) is 57.0 Å². The van der Waals surface area contributed by atoms with Gasteiger partial charge in [-0.15, -0.1) is 0 Å². The second kappa shape index (κ2) is 12.3. The van der Waals surface area contributed by atoms with Gasteiger partial charge in [-0.05, 0) is 81.5 Å². The van der Waals surface area contributed by atoms with Crippen LogP contribution in [0.4, 0.5) is 0 Å². The first-order valence-corrected chi connectivity index (χ1v) is 13.7. The van der Waals surface area contributed by atoms with Gasteiger partial charge in [0.1, 0.15) is 0 Å². The van der Waals surface area contributed by atoms with Gasteiger partial charge in [0.05, 0.1) is 12.7 Å². The van der Waals surface area contributed by atoms with Crippen molar-refractivity contribution < 1.29 is 15.2 Å². The SMILES string of the molecule is ONOCCCCC1CC[C@@H]2C(C1)C(CCC1CCCCC1)CN2C1CCC(O)CC1. The molecule has 3 saturated carbocycles. The van der Waals surface area contributed by atoms with Gasteiger partial charge >= 0.3 is 0 Å². The third kappa shape index (κ3) is 6.66. The molecule has 1 saturated heterocycles. The fourth-order valence-corrected chi connectivity index (χ4v) is 7.70. The minimum atomic E-state index is -0.0440. The van der Waals surface area contributed by atoms with Gasteiger partial charge in [-0.25, -0.2) is 0 Å². The first-order chi connectivity index (χ1) is 15.2. The van der Waals surface area contributed by atoms with Crippen LogP contribution in [-0.2, 0) is 4.84 Å². The average molecular weight is 437 g/mol. The highest BCUT2D eigenvalue weighted by molar-refractivity contribution is 5.00. The topological polar surface area (TPSA) is 65.0 Å². The van der Waals surface area contributed by atoms with Crippen LogP contribution in [-0.4, -0.2) is 46.6 Å². The highest BCUT2D eigenvalue weighted by Gasteiger charge is 2.46. The lowest BCUT2D eigenvalue weighted by Gasteiger charge is -2.41. The van der Waals surface area contributed by atoms with Crippen molar-refractivity contribution in [1.82, 2.24) is 10.5 Å². The van der Waals surface area contributed by atoms with Crippen LogP contribution in [0.15, 0.2) is 0 Å². The fraction of sp³-hybridized carbons (Fsp3) is 1.00. The molecule has 3 N–H and O–H groups in total. The van der Waals surface area contributed by atoms with E-state index < -0.39 is 0 Å². The maximum Gasteiger partial charge on any atom is 0.0709 e. The van der Waals surface area contributed by atoms with Crippen LogP contribution in [0.25, 0.3) is 0 Å². The summed E-state index contributed by atoms with van der Waals surface area (Å²) in [5, 5.41) is 18.6. The number of likely N-dealkylation sites (tertiary alicyclic amines) is 1. The molecule has 3 unspecified atom stereocenters. The van der Waals surface area contributed by atoms with E-state index in [2.05, 4.69) is 4.90 Å². The Morgan fingerprint density at radius 2 is 1.61 bits per heavy atom. The Hall–Kier alpha value is -0.200. The Kier molecular flexibility index (Phi) is 9.51. The Labute approximate surface area is 190 Å². The molecule has 180 valence electrons. The molecule has 0 bridgehead atoms. The predicted octanol–water partition coefficient (Wildman–Crippen LogP) is 5.45. The molecule has 5 heteroatoms. The molecule has 0 radical (unpaired) electrons. The van der Waals surface area contributed by atoms with Crippen LogP contribution >= 0.6 is 0 Å². The van der Waals surface area contributed by atoms with Gasteiger partial charge in [-0.2, -0.15) is 0 Å². The number of nitrogens with one attached hydrogen (secondary N) is 1. The van der Waals surface area contributed by atoms with E-state index in [1.165, 1.54) is 96.4 Å². The zero-order valence-electron chi connectivity index (χ0n) is 19.7. The van der Waals surface area contributed by atoms with Crippen LogP contribution in [0.1, 0.15) is 109 Å². The molecule has 0 spiro atoms. The fourth-order valence-electron chi connectivity index (χ4n) is 7.70. The zero-order valence-corrected chi connectivity index (χ0v) is 19.7. The maximum absolute atomic E-state index is 10.0. The van der Waals surface area contributed by atoms with Gasteiger partial charge in [-0.3, -0.25) is 14.9 Å². The summed E-state index contributed by atoms with van der Waals surface area (Å²) in [6, 6.07) is 1.55. The predicted molar refractivity (Wildman–Crippen MR) is 124 cm³/mol. The van der Waals surface area contributed by atoms with Crippen LogP contribution in [0, 0.1) is 23.7 Å². The minimum absolute atomic E-state index is 0.0440. The highest BCUT2D eigenvalue weighted by atomic mass is 16.8. The molecule has 5 nitrogen and oxygen atoms in total. The van der Waals surface area contributed by atoms with E-state index in [4.69, 9.17) is 10.0 Å². The standard InChI is InChI=1S/C26H48N2O3/c29-24-14-12-23(13-15-24)28-19-22(11-9-20-6-2-1-3-7-20)25-18-21(10-16-26(25)28)8-4-5-17-31-27-30/h20-27,29-30H,1-19H2/t21?,22?,23?,24?,25?,26-/m1/s1. The second-order valence-corrected chi connectivity index (χ2v) is 11.3. The molecule has 4 rings (SSSR count). The first-order valence-electron chi connectivity index (χ1n) is 13.7. The van der Waals surface area contributed by atoms with E-state index in [0.717, 1.165) is 55.0 Å². The van der Waals surface area contributed by atoms with Gasteiger partial charge in [0.2, 0.25) is 0 Å². The van der Waals surface area contributed by atoms with Crippen molar-refractivity contribution in [2.24, 2.45) is 23.7 Å². The van der Waals surface area contributed by atoms with E-state index >= 15 is 0 Å². The van der Waals surface area contributed by atoms with Crippen molar-refractivity contribution in [3.8, 4) is 0 Å². The molecule has 0 aromatic rings. The van der Waals surface area contributed by atoms with Crippen LogP contribution < -0.4 is 5.64 Å². The number of fused-ring (bicyclic) bond motifs is 1. The molecule has 0 aromatic heterocycles. The van der Waals surface area contributed by atoms with E-state index in [0.29, 0.717) is 6.61 Å². The molecule has 4 fully saturated rings. The Balaban J connectivity index is 1.32. The van der Waals surface area contributed by atoms with Crippen LogP contribution in [0.3, 0.4) is 0 Å². The number of hydrogen-bond acceptors (Lipinski definition) is 5. The summed E-state index contributed by atoms with van der Waals surface area (Å²) in [6.45, 7) is 1.94. The van der Waals surface area contributed by atoms with Gasteiger partial charge < -0.3 is 5.11 Å². The lowest BCUT2D eigenvalue weighted by atomic mass is 9.71. The van der Waals surface area contributed by atoms with Gasteiger partial charge in [0.15, 0.2) is 0 Å². The molecule has 0 aromatic carbocycles. The Morgan fingerprint density at radius 3 is 2.39 bits per heavy atom.